The van der Waals surface area contributed by atoms with Crippen molar-refractivity contribution in [1.29, 1.82) is 0 Å². The van der Waals surface area contributed by atoms with E-state index in [1.54, 1.807) is 21.3 Å². The molecule has 1 unspecified atom stereocenters. The fourth-order valence-electron chi connectivity index (χ4n) is 4.65. The number of halogens is 1. The number of hydrogen-bond donors (Lipinski definition) is 0. The molecular formula is C26H55ClO3Si. The Bertz CT molecular complexity index is 403. The van der Waals surface area contributed by atoms with Gasteiger partial charge in [-0.2, -0.15) is 0 Å². The molecule has 0 saturated carbocycles. The van der Waals surface area contributed by atoms with E-state index in [-0.39, 0.29) is 5.04 Å². The van der Waals surface area contributed by atoms with Gasteiger partial charge in [0.25, 0.3) is 0 Å². The number of unbranched alkanes of at least 4 members (excludes halogenated alkanes) is 15. The Morgan fingerprint density at radius 3 is 1.13 bits per heavy atom. The second-order valence-electron chi connectivity index (χ2n) is 10.0. The van der Waals surface area contributed by atoms with E-state index in [2.05, 4.69) is 27.7 Å². The molecule has 0 amide bonds. The van der Waals surface area contributed by atoms with Gasteiger partial charge in [-0.1, -0.05) is 124 Å². The van der Waals surface area contributed by atoms with E-state index >= 15 is 0 Å². The van der Waals surface area contributed by atoms with Crippen LogP contribution >= 0.6 is 11.6 Å². The zero-order valence-corrected chi connectivity index (χ0v) is 23.9. The van der Waals surface area contributed by atoms with Gasteiger partial charge < -0.3 is 13.3 Å². The molecule has 0 N–H and O–H groups in total. The highest BCUT2D eigenvalue weighted by atomic mass is 35.5. The number of rotatable bonds is 22. The molecule has 0 radical (unpaired) electrons. The van der Waals surface area contributed by atoms with Crippen molar-refractivity contribution >= 4 is 20.4 Å². The molecule has 0 spiro atoms. The van der Waals surface area contributed by atoms with Crippen LogP contribution in [0.3, 0.4) is 0 Å². The average molecular weight is 479 g/mol. The molecule has 0 aromatic heterocycles. The van der Waals surface area contributed by atoms with Gasteiger partial charge in [0.05, 0.1) is 9.91 Å². The molecule has 0 aromatic rings. The van der Waals surface area contributed by atoms with Gasteiger partial charge in [0.2, 0.25) is 0 Å². The summed E-state index contributed by atoms with van der Waals surface area (Å²) in [5.41, 5.74) is 0. The van der Waals surface area contributed by atoms with Crippen LogP contribution in [-0.4, -0.2) is 35.0 Å². The predicted molar refractivity (Wildman–Crippen MR) is 139 cm³/mol. The fraction of sp³-hybridized carbons (Fsp3) is 1.00. The van der Waals surface area contributed by atoms with Crippen LogP contribution in [0, 0.1) is 0 Å². The van der Waals surface area contributed by atoms with Gasteiger partial charge in [0.15, 0.2) is 0 Å². The predicted octanol–water partition coefficient (Wildman–Crippen LogP) is 9.29. The molecule has 0 aliphatic carbocycles. The van der Waals surface area contributed by atoms with E-state index in [4.69, 9.17) is 24.9 Å². The monoisotopic (exact) mass is 478 g/mol. The molecule has 188 valence electrons. The van der Waals surface area contributed by atoms with Crippen LogP contribution in [0.25, 0.3) is 0 Å². The van der Waals surface area contributed by atoms with E-state index in [0.717, 1.165) is 12.8 Å². The minimum atomic E-state index is -2.82. The molecular weight excluding hydrogens is 424 g/mol. The Morgan fingerprint density at radius 1 is 0.548 bits per heavy atom. The van der Waals surface area contributed by atoms with Gasteiger partial charge in [0, 0.05) is 21.3 Å². The maximum atomic E-state index is 7.01. The Kier molecular flexibility index (Phi) is 18.0. The molecule has 0 aliphatic rings. The summed E-state index contributed by atoms with van der Waals surface area (Å²) in [5, 5.41) is -0.366. The van der Waals surface area contributed by atoms with Crippen LogP contribution in [0.1, 0.15) is 137 Å². The van der Waals surface area contributed by atoms with Crippen molar-refractivity contribution in [3.63, 3.8) is 0 Å². The summed E-state index contributed by atoms with van der Waals surface area (Å²) in [6, 6.07) is 0. The lowest BCUT2D eigenvalue weighted by Crippen LogP contribution is -2.59. The number of alkyl halides is 1. The summed E-state index contributed by atoms with van der Waals surface area (Å²) in [6.45, 7) is 8.64. The van der Waals surface area contributed by atoms with Crippen molar-refractivity contribution in [2.75, 3.05) is 21.3 Å². The Hall–Kier alpha value is 0.387. The summed E-state index contributed by atoms with van der Waals surface area (Å²) in [5.74, 6) is 0. The zero-order chi connectivity index (χ0) is 23.6. The van der Waals surface area contributed by atoms with E-state index in [1.807, 2.05) is 0 Å². The molecule has 0 heterocycles. The van der Waals surface area contributed by atoms with Gasteiger partial charge in [-0.25, -0.2) is 0 Å². The minimum absolute atomic E-state index is 0.366. The van der Waals surface area contributed by atoms with Gasteiger partial charge in [-0.3, -0.25) is 0 Å². The first kappa shape index (κ1) is 31.4. The molecule has 0 aromatic carbocycles. The lowest BCUT2D eigenvalue weighted by molar-refractivity contribution is 0.0847. The lowest BCUT2D eigenvalue weighted by Gasteiger charge is -2.47. The first-order valence-electron chi connectivity index (χ1n) is 13.1. The van der Waals surface area contributed by atoms with Crippen molar-refractivity contribution in [3.8, 4) is 0 Å². The van der Waals surface area contributed by atoms with Gasteiger partial charge in [0.1, 0.15) is 0 Å². The van der Waals surface area contributed by atoms with Crippen molar-refractivity contribution in [1.82, 2.24) is 0 Å². The van der Waals surface area contributed by atoms with Crippen molar-refractivity contribution in [2.45, 2.75) is 147 Å². The second-order valence-corrected chi connectivity index (χ2v) is 14.5. The standard InChI is InChI=1S/C26H55ClO3Si/c1-8-9-10-11-12-13-14-15-16-17-18-19-20-21-22-23-24-26(4,27)25(2,3)31(28-5,29-6)30-7/h8-24H2,1-7H3. The van der Waals surface area contributed by atoms with E-state index in [1.165, 1.54) is 96.3 Å². The zero-order valence-electron chi connectivity index (χ0n) is 22.1. The Labute approximate surface area is 201 Å². The van der Waals surface area contributed by atoms with E-state index < -0.39 is 13.7 Å². The highest BCUT2D eigenvalue weighted by Gasteiger charge is 2.61. The molecule has 31 heavy (non-hydrogen) atoms. The first-order chi connectivity index (χ1) is 14.7. The quantitative estimate of drug-likeness (QED) is 0.0880. The van der Waals surface area contributed by atoms with Crippen LogP contribution < -0.4 is 0 Å². The molecule has 0 saturated heterocycles. The van der Waals surface area contributed by atoms with Crippen molar-refractivity contribution < 1.29 is 13.3 Å². The molecule has 1 atom stereocenters. The van der Waals surface area contributed by atoms with Crippen LogP contribution in [-0.2, 0) is 13.3 Å². The molecule has 0 aliphatic heterocycles. The third kappa shape index (κ3) is 11.4. The highest BCUT2D eigenvalue weighted by molar-refractivity contribution is 6.65. The maximum Gasteiger partial charge on any atom is 0.507 e. The van der Waals surface area contributed by atoms with Crippen LogP contribution in [0.5, 0.6) is 0 Å². The van der Waals surface area contributed by atoms with Crippen molar-refractivity contribution in [2.24, 2.45) is 0 Å². The smallest absolute Gasteiger partial charge is 0.376 e. The molecule has 0 fully saturated rings. The summed E-state index contributed by atoms with van der Waals surface area (Å²) >= 11 is 7.01. The average Bonchev–Trinajstić information content (AvgIpc) is 2.74. The largest absolute Gasteiger partial charge is 0.507 e. The summed E-state index contributed by atoms with van der Waals surface area (Å²) < 4.78 is 17.2. The topological polar surface area (TPSA) is 27.7 Å². The Morgan fingerprint density at radius 2 is 0.839 bits per heavy atom. The van der Waals surface area contributed by atoms with Crippen LogP contribution in [0.4, 0.5) is 0 Å². The molecule has 0 rings (SSSR count). The first-order valence-corrected chi connectivity index (χ1v) is 15.2. The molecule has 3 nitrogen and oxygen atoms in total. The SMILES string of the molecule is CCCCCCCCCCCCCCCCCCC(C)(Cl)C(C)(C)[Si](OC)(OC)OC. The lowest BCUT2D eigenvalue weighted by atomic mass is 9.89. The fourth-order valence-corrected chi connectivity index (χ4v) is 7.93. The van der Waals surface area contributed by atoms with Gasteiger partial charge >= 0.3 is 8.80 Å². The van der Waals surface area contributed by atoms with Crippen LogP contribution in [0.2, 0.25) is 5.04 Å². The third-order valence-electron chi connectivity index (χ3n) is 7.37. The second kappa shape index (κ2) is 17.8. The third-order valence-corrected chi connectivity index (χ3v) is 11.9. The summed E-state index contributed by atoms with van der Waals surface area (Å²) in [7, 11) is 2.18. The van der Waals surface area contributed by atoms with Crippen LogP contribution in [0.15, 0.2) is 0 Å². The normalized spacial score (nSPS) is 14.7. The molecule has 0 bridgehead atoms. The van der Waals surface area contributed by atoms with Crippen molar-refractivity contribution in [3.05, 3.63) is 0 Å². The summed E-state index contributed by atoms with van der Waals surface area (Å²) in [6.07, 6.45) is 23.1. The van der Waals surface area contributed by atoms with E-state index in [0.29, 0.717) is 0 Å². The minimum Gasteiger partial charge on any atom is -0.376 e. The number of hydrogen-bond acceptors (Lipinski definition) is 3. The Balaban J connectivity index is 3.78. The molecule has 5 heteroatoms. The van der Waals surface area contributed by atoms with E-state index in [9.17, 15) is 0 Å². The highest BCUT2D eigenvalue weighted by Crippen LogP contribution is 2.53. The van der Waals surface area contributed by atoms with Gasteiger partial charge in [-0.15, -0.1) is 11.6 Å². The van der Waals surface area contributed by atoms with Gasteiger partial charge in [-0.05, 0) is 13.3 Å². The maximum absolute atomic E-state index is 7.01. The summed E-state index contributed by atoms with van der Waals surface area (Å²) in [4.78, 5) is -0.419.